The molecule has 4 nitrogen and oxygen atoms in total. The zero-order valence-electron chi connectivity index (χ0n) is 13.9. The second kappa shape index (κ2) is 8.90. The van der Waals surface area contributed by atoms with Gasteiger partial charge in [-0.2, -0.15) is 0 Å². The molecule has 2 aliphatic rings. The Morgan fingerprint density at radius 2 is 1.57 bits per heavy atom. The molecule has 0 spiro atoms. The highest BCUT2D eigenvalue weighted by molar-refractivity contribution is 5.81. The predicted octanol–water partition coefficient (Wildman–Crippen LogP) is 3.67. The number of hydrogen-bond acceptors (Lipinski definition) is 4. The van der Waals surface area contributed by atoms with E-state index in [1.165, 1.54) is 44.3 Å². The van der Waals surface area contributed by atoms with E-state index in [0.717, 1.165) is 24.7 Å². The quantitative estimate of drug-likeness (QED) is 0.506. The number of fused-ring (bicyclic) bond motifs is 1. The third-order valence-corrected chi connectivity index (χ3v) is 5.50. The Kier molecular flexibility index (Phi) is 6.87. The summed E-state index contributed by atoms with van der Waals surface area (Å²) in [6.45, 7) is 7.84. The minimum absolute atomic E-state index is 0.322. The fraction of sp³-hybridized carbons (Fsp3) is 0.684. The van der Waals surface area contributed by atoms with Crippen molar-refractivity contribution in [1.29, 1.82) is 0 Å². The van der Waals surface area contributed by atoms with E-state index in [-0.39, 0.29) is 11.9 Å². The lowest BCUT2D eigenvalue weighted by molar-refractivity contribution is -0.139. The van der Waals surface area contributed by atoms with E-state index in [1.807, 2.05) is 0 Å². The number of hydrogen-bond donors (Lipinski definition) is 0. The first-order valence-corrected chi connectivity index (χ1v) is 8.72. The first-order chi connectivity index (χ1) is 11.1. The molecule has 0 aromatic heterocycles. The van der Waals surface area contributed by atoms with Crippen LogP contribution < -0.4 is 0 Å². The molecule has 0 radical (unpaired) electrons. The average Bonchev–Trinajstić information content (AvgIpc) is 2.97. The van der Waals surface area contributed by atoms with Crippen LogP contribution in [0.4, 0.5) is 0 Å². The van der Waals surface area contributed by atoms with Crippen LogP contribution in [0.25, 0.3) is 0 Å². The smallest absolute Gasteiger partial charge is 0.330 e. The van der Waals surface area contributed by atoms with Gasteiger partial charge in [-0.15, -0.1) is 0 Å². The Hall–Kier alpha value is -1.58. The fourth-order valence-corrected chi connectivity index (χ4v) is 4.35. The van der Waals surface area contributed by atoms with E-state index in [4.69, 9.17) is 9.47 Å². The highest BCUT2D eigenvalue weighted by Crippen LogP contribution is 2.49. The number of esters is 2. The van der Waals surface area contributed by atoms with Crippen LogP contribution in [0.1, 0.15) is 44.9 Å². The topological polar surface area (TPSA) is 52.6 Å². The van der Waals surface area contributed by atoms with Crippen molar-refractivity contribution in [2.24, 2.45) is 23.7 Å². The van der Waals surface area contributed by atoms with E-state index in [2.05, 4.69) is 13.2 Å². The van der Waals surface area contributed by atoms with Crippen LogP contribution in [0.15, 0.2) is 25.3 Å². The second-order valence-electron chi connectivity index (χ2n) is 6.76. The Bertz CT molecular complexity index is 443. The summed E-state index contributed by atoms with van der Waals surface area (Å²) in [5.41, 5.74) is 0. The molecule has 2 fully saturated rings. The van der Waals surface area contributed by atoms with Crippen molar-refractivity contribution in [1.82, 2.24) is 0 Å². The van der Waals surface area contributed by atoms with Gasteiger partial charge in [0, 0.05) is 12.2 Å². The van der Waals surface area contributed by atoms with E-state index < -0.39 is 0 Å². The summed E-state index contributed by atoms with van der Waals surface area (Å²) in [6.07, 6.45) is 10.6. The molecule has 0 heterocycles. The van der Waals surface area contributed by atoms with Crippen LogP contribution in [0.5, 0.6) is 0 Å². The molecule has 0 aliphatic heterocycles. The summed E-state index contributed by atoms with van der Waals surface area (Å²) in [4.78, 5) is 22.2. The van der Waals surface area contributed by atoms with Crippen molar-refractivity contribution in [3.05, 3.63) is 25.3 Å². The van der Waals surface area contributed by atoms with Crippen molar-refractivity contribution in [2.45, 2.75) is 44.9 Å². The Balaban J connectivity index is 1.68. The van der Waals surface area contributed by atoms with Crippen LogP contribution in [0, 0.1) is 23.7 Å². The van der Waals surface area contributed by atoms with Crippen molar-refractivity contribution in [2.75, 3.05) is 13.2 Å². The molecule has 0 N–H and O–H groups in total. The van der Waals surface area contributed by atoms with E-state index >= 15 is 0 Å². The first kappa shape index (κ1) is 17.8. The van der Waals surface area contributed by atoms with Crippen molar-refractivity contribution in [3.8, 4) is 0 Å². The van der Waals surface area contributed by atoms with Gasteiger partial charge < -0.3 is 9.47 Å². The Morgan fingerprint density at radius 3 is 2.22 bits per heavy atom. The standard InChI is InChI=1S/C19H28O4/c1-3-18(20)22-11-9-14-5-8-17-15(6-7-16(17)13-14)10-12-23-19(21)4-2/h3-4,14-17H,1-2,5-13H2. The highest BCUT2D eigenvalue weighted by Gasteiger charge is 2.39. The maximum Gasteiger partial charge on any atom is 0.330 e. The van der Waals surface area contributed by atoms with Gasteiger partial charge >= 0.3 is 11.9 Å². The van der Waals surface area contributed by atoms with E-state index in [9.17, 15) is 9.59 Å². The van der Waals surface area contributed by atoms with E-state index in [0.29, 0.717) is 25.0 Å². The normalized spacial score (nSPS) is 29.4. The molecule has 128 valence electrons. The van der Waals surface area contributed by atoms with Gasteiger partial charge in [0.15, 0.2) is 0 Å². The lowest BCUT2D eigenvalue weighted by Crippen LogP contribution is -2.26. The van der Waals surface area contributed by atoms with Gasteiger partial charge in [0.05, 0.1) is 13.2 Å². The predicted molar refractivity (Wildman–Crippen MR) is 88.6 cm³/mol. The van der Waals surface area contributed by atoms with Gasteiger partial charge in [-0.25, -0.2) is 9.59 Å². The van der Waals surface area contributed by atoms with Crippen LogP contribution in [0.2, 0.25) is 0 Å². The highest BCUT2D eigenvalue weighted by atomic mass is 16.5. The third-order valence-electron chi connectivity index (χ3n) is 5.50. The fourth-order valence-electron chi connectivity index (χ4n) is 4.35. The maximum atomic E-state index is 11.1. The number of ether oxygens (including phenoxy) is 2. The van der Waals surface area contributed by atoms with E-state index in [1.54, 1.807) is 0 Å². The summed E-state index contributed by atoms with van der Waals surface area (Å²) in [5, 5.41) is 0. The molecule has 2 saturated carbocycles. The van der Waals surface area contributed by atoms with Crippen LogP contribution in [-0.2, 0) is 19.1 Å². The summed E-state index contributed by atoms with van der Waals surface area (Å²) in [5.74, 6) is 2.29. The monoisotopic (exact) mass is 320 g/mol. The van der Waals surface area contributed by atoms with Gasteiger partial charge in [-0.1, -0.05) is 19.6 Å². The molecule has 0 amide bonds. The van der Waals surface area contributed by atoms with Crippen molar-refractivity contribution >= 4 is 11.9 Å². The third kappa shape index (κ3) is 5.22. The summed E-state index contributed by atoms with van der Waals surface area (Å²) in [7, 11) is 0. The van der Waals surface area contributed by atoms with Crippen molar-refractivity contribution in [3.63, 3.8) is 0 Å². The van der Waals surface area contributed by atoms with Gasteiger partial charge in [0.2, 0.25) is 0 Å². The van der Waals surface area contributed by atoms with Crippen molar-refractivity contribution < 1.29 is 19.1 Å². The minimum atomic E-state index is -0.325. The minimum Gasteiger partial charge on any atom is -0.463 e. The molecule has 0 aromatic rings. The molecule has 4 unspecified atom stereocenters. The Morgan fingerprint density at radius 1 is 0.913 bits per heavy atom. The lowest BCUT2D eigenvalue weighted by atomic mass is 9.72. The Labute approximate surface area is 138 Å². The van der Waals surface area contributed by atoms with Crippen LogP contribution in [0.3, 0.4) is 0 Å². The zero-order chi connectivity index (χ0) is 16.7. The largest absolute Gasteiger partial charge is 0.463 e. The lowest BCUT2D eigenvalue weighted by Gasteiger charge is -2.34. The summed E-state index contributed by atoms with van der Waals surface area (Å²) in [6, 6.07) is 0. The van der Waals surface area contributed by atoms with Gasteiger partial charge in [-0.05, 0) is 62.2 Å². The molecular formula is C19H28O4. The maximum absolute atomic E-state index is 11.1. The molecular weight excluding hydrogens is 292 g/mol. The zero-order valence-corrected chi connectivity index (χ0v) is 13.9. The number of carbonyl (C=O) groups is 2. The summed E-state index contributed by atoms with van der Waals surface area (Å²) < 4.78 is 10.2. The first-order valence-electron chi connectivity index (χ1n) is 8.72. The number of carbonyl (C=O) groups excluding carboxylic acids is 2. The molecule has 0 bridgehead atoms. The van der Waals surface area contributed by atoms with Gasteiger partial charge in [-0.3, -0.25) is 0 Å². The average molecular weight is 320 g/mol. The SMILES string of the molecule is C=CC(=O)OCCC1CCC2C(CCOC(=O)C=C)CCC2C1. The molecule has 2 aliphatic carbocycles. The molecule has 2 rings (SSSR count). The molecule has 0 aromatic carbocycles. The number of rotatable bonds is 8. The molecule has 23 heavy (non-hydrogen) atoms. The molecule has 4 atom stereocenters. The van der Waals surface area contributed by atoms with Crippen LogP contribution in [-0.4, -0.2) is 25.2 Å². The van der Waals surface area contributed by atoms with Gasteiger partial charge in [0.1, 0.15) is 0 Å². The molecule has 0 saturated heterocycles. The van der Waals surface area contributed by atoms with Gasteiger partial charge in [0.25, 0.3) is 0 Å². The summed E-state index contributed by atoms with van der Waals surface area (Å²) >= 11 is 0. The second-order valence-corrected chi connectivity index (χ2v) is 6.76. The van der Waals surface area contributed by atoms with Crippen LogP contribution >= 0.6 is 0 Å². The molecule has 4 heteroatoms.